The normalized spacial score (nSPS) is 25.1. The first-order valence-corrected chi connectivity index (χ1v) is 8.22. The molecule has 4 heteroatoms. The van der Waals surface area contributed by atoms with E-state index >= 15 is 0 Å². The van der Waals surface area contributed by atoms with Crippen LogP contribution in [0.4, 0.5) is 0 Å². The van der Waals surface area contributed by atoms with Gasteiger partial charge in [-0.25, -0.2) is 0 Å². The van der Waals surface area contributed by atoms with E-state index in [-0.39, 0.29) is 5.91 Å². The Kier molecular flexibility index (Phi) is 6.96. The number of rotatable bonds is 8. The molecule has 0 saturated carbocycles. The molecular weight excluding hydrogens is 250 g/mol. The standard InChI is InChI=1S/C16H33N3O/c1-5-9-18-16(4,15(17)20)11-13(3)19-10-7-8-14(6-2)12-19/h13-14,18H,5-12H2,1-4H3,(H2,17,20). The van der Waals surface area contributed by atoms with E-state index in [1.807, 2.05) is 6.92 Å². The summed E-state index contributed by atoms with van der Waals surface area (Å²) in [4.78, 5) is 14.3. The quantitative estimate of drug-likeness (QED) is 0.717. The number of carbonyl (C=O) groups is 1. The van der Waals surface area contributed by atoms with Gasteiger partial charge in [0.1, 0.15) is 0 Å². The zero-order valence-corrected chi connectivity index (χ0v) is 13.7. The van der Waals surface area contributed by atoms with Gasteiger partial charge in [-0.2, -0.15) is 0 Å². The summed E-state index contributed by atoms with van der Waals surface area (Å²) in [6.07, 6.45) is 5.68. The van der Waals surface area contributed by atoms with Gasteiger partial charge in [0.15, 0.2) is 0 Å². The van der Waals surface area contributed by atoms with Crippen LogP contribution in [-0.2, 0) is 4.79 Å². The number of carbonyl (C=O) groups excluding carboxylic acids is 1. The molecule has 0 aromatic carbocycles. The number of nitrogens with zero attached hydrogens (tertiary/aromatic N) is 1. The molecule has 3 N–H and O–H groups in total. The van der Waals surface area contributed by atoms with Gasteiger partial charge in [-0.3, -0.25) is 4.79 Å². The van der Waals surface area contributed by atoms with E-state index in [0.29, 0.717) is 6.04 Å². The molecule has 1 heterocycles. The molecular formula is C16H33N3O. The fourth-order valence-electron chi connectivity index (χ4n) is 3.21. The van der Waals surface area contributed by atoms with Gasteiger partial charge in [0.05, 0.1) is 5.54 Å². The van der Waals surface area contributed by atoms with Gasteiger partial charge in [0.25, 0.3) is 0 Å². The van der Waals surface area contributed by atoms with E-state index in [1.165, 1.54) is 25.8 Å². The van der Waals surface area contributed by atoms with Crippen LogP contribution in [0.2, 0.25) is 0 Å². The number of hydrogen-bond donors (Lipinski definition) is 2. The molecule has 1 aliphatic heterocycles. The summed E-state index contributed by atoms with van der Waals surface area (Å²) in [7, 11) is 0. The van der Waals surface area contributed by atoms with Crippen LogP contribution in [0.25, 0.3) is 0 Å². The summed E-state index contributed by atoms with van der Waals surface area (Å²) in [6.45, 7) is 11.7. The third-order valence-corrected chi connectivity index (χ3v) is 4.76. The average molecular weight is 283 g/mol. The highest BCUT2D eigenvalue weighted by molar-refractivity contribution is 5.84. The zero-order chi connectivity index (χ0) is 15.2. The predicted molar refractivity (Wildman–Crippen MR) is 84.6 cm³/mol. The first-order valence-electron chi connectivity index (χ1n) is 8.22. The molecule has 0 aromatic rings. The second-order valence-corrected chi connectivity index (χ2v) is 6.59. The lowest BCUT2D eigenvalue weighted by atomic mass is 9.89. The van der Waals surface area contributed by atoms with E-state index in [9.17, 15) is 4.79 Å². The lowest BCUT2D eigenvalue weighted by Gasteiger charge is -2.40. The molecule has 1 aliphatic rings. The molecule has 0 radical (unpaired) electrons. The number of nitrogens with one attached hydrogen (secondary N) is 1. The van der Waals surface area contributed by atoms with Crippen LogP contribution in [0.3, 0.4) is 0 Å². The van der Waals surface area contributed by atoms with E-state index in [1.54, 1.807) is 0 Å². The van der Waals surface area contributed by atoms with Crippen LogP contribution in [0.5, 0.6) is 0 Å². The Morgan fingerprint density at radius 1 is 1.50 bits per heavy atom. The molecule has 3 atom stereocenters. The lowest BCUT2D eigenvalue weighted by Crippen LogP contribution is -2.57. The van der Waals surface area contributed by atoms with Gasteiger partial charge in [0.2, 0.25) is 5.91 Å². The van der Waals surface area contributed by atoms with Crippen LogP contribution in [0.1, 0.15) is 59.8 Å². The minimum absolute atomic E-state index is 0.234. The molecule has 4 nitrogen and oxygen atoms in total. The van der Waals surface area contributed by atoms with Crippen molar-refractivity contribution in [2.75, 3.05) is 19.6 Å². The molecule has 118 valence electrons. The smallest absolute Gasteiger partial charge is 0.237 e. The van der Waals surface area contributed by atoms with Crippen molar-refractivity contribution >= 4 is 5.91 Å². The third-order valence-electron chi connectivity index (χ3n) is 4.76. The van der Waals surface area contributed by atoms with E-state index in [0.717, 1.165) is 31.8 Å². The van der Waals surface area contributed by atoms with Gasteiger partial charge in [-0.15, -0.1) is 0 Å². The second-order valence-electron chi connectivity index (χ2n) is 6.59. The van der Waals surface area contributed by atoms with Crippen LogP contribution in [0.15, 0.2) is 0 Å². The Morgan fingerprint density at radius 3 is 2.75 bits per heavy atom. The third kappa shape index (κ3) is 4.74. The highest BCUT2D eigenvalue weighted by atomic mass is 16.1. The topological polar surface area (TPSA) is 58.4 Å². The number of amides is 1. The molecule has 1 rings (SSSR count). The monoisotopic (exact) mass is 283 g/mol. The van der Waals surface area contributed by atoms with Crippen LogP contribution >= 0.6 is 0 Å². The number of hydrogen-bond acceptors (Lipinski definition) is 3. The maximum Gasteiger partial charge on any atom is 0.237 e. The molecule has 0 aromatic heterocycles. The molecule has 0 aliphatic carbocycles. The fourth-order valence-corrected chi connectivity index (χ4v) is 3.21. The van der Waals surface area contributed by atoms with E-state index in [2.05, 4.69) is 31.0 Å². The molecule has 20 heavy (non-hydrogen) atoms. The highest BCUT2D eigenvalue weighted by Crippen LogP contribution is 2.24. The number of likely N-dealkylation sites (tertiary alicyclic amines) is 1. The van der Waals surface area contributed by atoms with Crippen molar-refractivity contribution in [2.24, 2.45) is 11.7 Å². The molecule has 1 saturated heterocycles. The Morgan fingerprint density at radius 2 is 2.20 bits per heavy atom. The van der Waals surface area contributed by atoms with Crippen LogP contribution < -0.4 is 11.1 Å². The van der Waals surface area contributed by atoms with Crippen molar-refractivity contribution in [3.05, 3.63) is 0 Å². The minimum Gasteiger partial charge on any atom is -0.368 e. The average Bonchev–Trinajstić information content (AvgIpc) is 2.45. The Hall–Kier alpha value is -0.610. The summed E-state index contributed by atoms with van der Waals surface area (Å²) < 4.78 is 0. The van der Waals surface area contributed by atoms with Crippen molar-refractivity contribution in [2.45, 2.75) is 71.4 Å². The zero-order valence-electron chi connectivity index (χ0n) is 13.7. The molecule has 1 fully saturated rings. The summed E-state index contributed by atoms with van der Waals surface area (Å²) in [5, 5.41) is 3.34. The van der Waals surface area contributed by atoms with Crippen LogP contribution in [0, 0.1) is 5.92 Å². The lowest BCUT2D eigenvalue weighted by molar-refractivity contribution is -0.124. The molecule has 0 bridgehead atoms. The largest absolute Gasteiger partial charge is 0.368 e. The second kappa shape index (κ2) is 7.99. The fraction of sp³-hybridized carbons (Fsp3) is 0.938. The minimum atomic E-state index is -0.589. The van der Waals surface area contributed by atoms with Crippen molar-refractivity contribution in [3.63, 3.8) is 0 Å². The first-order chi connectivity index (χ1) is 9.42. The number of primary amides is 1. The Bertz CT molecular complexity index is 308. The van der Waals surface area contributed by atoms with Crippen molar-refractivity contribution in [1.29, 1.82) is 0 Å². The number of piperidine rings is 1. The van der Waals surface area contributed by atoms with E-state index < -0.39 is 5.54 Å². The van der Waals surface area contributed by atoms with Crippen molar-refractivity contribution < 1.29 is 4.79 Å². The molecule has 3 unspecified atom stereocenters. The van der Waals surface area contributed by atoms with Gasteiger partial charge in [-0.05, 0) is 58.5 Å². The summed E-state index contributed by atoms with van der Waals surface area (Å²) in [6, 6.07) is 0.395. The Labute approximate surface area is 124 Å². The van der Waals surface area contributed by atoms with Gasteiger partial charge >= 0.3 is 0 Å². The number of nitrogens with two attached hydrogens (primary N) is 1. The maximum absolute atomic E-state index is 11.8. The first kappa shape index (κ1) is 17.4. The van der Waals surface area contributed by atoms with Gasteiger partial charge < -0.3 is 16.0 Å². The van der Waals surface area contributed by atoms with Gasteiger partial charge in [0, 0.05) is 12.6 Å². The van der Waals surface area contributed by atoms with Crippen LogP contribution in [-0.4, -0.2) is 42.0 Å². The summed E-state index contributed by atoms with van der Waals surface area (Å²) in [5.74, 6) is 0.580. The summed E-state index contributed by atoms with van der Waals surface area (Å²) in [5.41, 5.74) is 5.03. The summed E-state index contributed by atoms with van der Waals surface area (Å²) >= 11 is 0. The van der Waals surface area contributed by atoms with E-state index in [4.69, 9.17) is 5.73 Å². The van der Waals surface area contributed by atoms with Crippen molar-refractivity contribution in [1.82, 2.24) is 10.2 Å². The maximum atomic E-state index is 11.8. The highest BCUT2D eigenvalue weighted by Gasteiger charge is 2.34. The molecule has 1 amide bonds. The van der Waals surface area contributed by atoms with Crippen molar-refractivity contribution in [3.8, 4) is 0 Å². The predicted octanol–water partition coefficient (Wildman–Crippen LogP) is 2.13. The Balaban J connectivity index is 2.60. The van der Waals surface area contributed by atoms with Gasteiger partial charge in [-0.1, -0.05) is 20.3 Å². The SMILES string of the molecule is CCCNC(C)(CC(C)N1CCCC(CC)C1)C(N)=O. The molecule has 0 spiro atoms.